The van der Waals surface area contributed by atoms with Crippen molar-refractivity contribution in [3.05, 3.63) is 41.8 Å². The van der Waals surface area contributed by atoms with E-state index in [0.29, 0.717) is 24.0 Å². The lowest BCUT2D eigenvalue weighted by Crippen LogP contribution is -2.40. The summed E-state index contributed by atoms with van der Waals surface area (Å²) >= 11 is 0. The molecule has 0 N–H and O–H groups in total. The zero-order chi connectivity index (χ0) is 17.6. The van der Waals surface area contributed by atoms with Crippen LogP contribution in [0.1, 0.15) is 37.0 Å². The fourth-order valence-corrected chi connectivity index (χ4v) is 2.84. The topological polar surface area (TPSA) is 77.7 Å². The third kappa shape index (κ3) is 4.33. The number of carbonyl (C=O) groups excluding carboxylic acids is 1. The summed E-state index contributed by atoms with van der Waals surface area (Å²) in [5.74, 6) is 0.883. The fourth-order valence-electron chi connectivity index (χ4n) is 2.84. The van der Waals surface area contributed by atoms with Gasteiger partial charge in [0.05, 0.1) is 6.04 Å². The van der Waals surface area contributed by atoms with E-state index < -0.39 is 0 Å². The van der Waals surface area contributed by atoms with Gasteiger partial charge in [-0.2, -0.15) is 4.98 Å². The number of hydrogen-bond acceptors (Lipinski definition) is 6. The first-order valence-corrected chi connectivity index (χ1v) is 8.16. The highest BCUT2D eigenvalue weighted by molar-refractivity contribution is 5.78. The average Bonchev–Trinajstić information content (AvgIpc) is 3.10. The van der Waals surface area contributed by atoms with Gasteiger partial charge < -0.3 is 18.9 Å². The number of benzene rings is 1. The average molecular weight is 349 g/mol. The van der Waals surface area contributed by atoms with Gasteiger partial charge in [0.25, 0.3) is 5.89 Å². The van der Waals surface area contributed by atoms with E-state index in [1.54, 1.807) is 4.90 Å². The molecule has 0 saturated carbocycles. The van der Waals surface area contributed by atoms with E-state index in [1.807, 2.05) is 0 Å². The van der Waals surface area contributed by atoms with Crippen LogP contribution in [0, 0.1) is 5.82 Å². The highest BCUT2D eigenvalue weighted by Crippen LogP contribution is 2.29. The number of aromatic nitrogens is 2. The normalized spacial score (nSPS) is 17.5. The molecule has 1 fully saturated rings. The second-order valence-electron chi connectivity index (χ2n) is 5.82. The van der Waals surface area contributed by atoms with Crippen LogP contribution in [0.2, 0.25) is 0 Å². The quantitative estimate of drug-likeness (QED) is 0.797. The molecule has 1 atom stereocenters. The molecule has 0 radical (unpaired) electrons. The minimum atomic E-state index is -0.328. The van der Waals surface area contributed by atoms with Gasteiger partial charge in [-0.25, -0.2) is 4.39 Å². The molecule has 1 amide bonds. The summed E-state index contributed by atoms with van der Waals surface area (Å²) in [6, 6.07) is 5.48. The van der Waals surface area contributed by atoms with E-state index in [9.17, 15) is 9.18 Å². The third-order valence-electron chi connectivity index (χ3n) is 4.05. The summed E-state index contributed by atoms with van der Waals surface area (Å²) < 4.78 is 28.5. The Hall–Kier alpha value is -2.48. The molecule has 1 unspecified atom stereocenters. The monoisotopic (exact) mass is 349 g/mol. The maximum atomic E-state index is 12.9. The van der Waals surface area contributed by atoms with Gasteiger partial charge in [-0.1, -0.05) is 5.16 Å². The number of halogens is 1. The molecule has 1 aromatic carbocycles. The van der Waals surface area contributed by atoms with Gasteiger partial charge in [0.1, 0.15) is 18.2 Å². The number of likely N-dealkylation sites (tertiary alicyclic amines) is 1. The highest BCUT2D eigenvalue weighted by atomic mass is 19.1. The summed E-state index contributed by atoms with van der Waals surface area (Å²) in [6.07, 6.45) is 2.73. The van der Waals surface area contributed by atoms with Gasteiger partial charge in [-0.05, 0) is 43.5 Å². The molecule has 3 rings (SSSR count). The molecule has 1 saturated heterocycles. The molecular formula is C17H20FN3O4. The first-order chi connectivity index (χ1) is 12.2. The highest BCUT2D eigenvalue weighted by Gasteiger charge is 2.31. The number of nitrogens with zero attached hydrogens (tertiary/aromatic N) is 3. The second kappa shape index (κ2) is 8.06. The maximum absolute atomic E-state index is 12.9. The number of ether oxygens (including phenoxy) is 2. The van der Waals surface area contributed by atoms with Crippen molar-refractivity contribution >= 4 is 5.91 Å². The van der Waals surface area contributed by atoms with Crippen molar-refractivity contribution in [1.29, 1.82) is 0 Å². The zero-order valence-electron chi connectivity index (χ0n) is 14.0. The Labute approximate surface area is 144 Å². The number of amides is 1. The predicted octanol–water partition coefficient (Wildman–Crippen LogP) is 2.49. The maximum Gasteiger partial charge on any atom is 0.264 e. The van der Waals surface area contributed by atoms with Crippen molar-refractivity contribution < 1.29 is 23.2 Å². The molecule has 1 aliphatic rings. The lowest BCUT2D eigenvalue weighted by Gasteiger charge is -2.33. The molecule has 1 aliphatic heterocycles. The first kappa shape index (κ1) is 17.3. The lowest BCUT2D eigenvalue weighted by atomic mass is 10.0. The molecule has 25 heavy (non-hydrogen) atoms. The van der Waals surface area contributed by atoms with Crippen molar-refractivity contribution in [2.75, 3.05) is 20.3 Å². The van der Waals surface area contributed by atoms with E-state index in [4.69, 9.17) is 14.0 Å². The van der Waals surface area contributed by atoms with Crippen LogP contribution in [-0.4, -0.2) is 41.2 Å². The van der Waals surface area contributed by atoms with Gasteiger partial charge in [0.2, 0.25) is 5.91 Å². The Balaban J connectivity index is 1.64. The first-order valence-electron chi connectivity index (χ1n) is 8.16. The Bertz CT molecular complexity index is 704. The van der Waals surface area contributed by atoms with E-state index in [2.05, 4.69) is 10.1 Å². The summed E-state index contributed by atoms with van der Waals surface area (Å²) in [5.41, 5.74) is 0. The fraction of sp³-hybridized carbons (Fsp3) is 0.471. The standard InChI is InChI=1S/C17H20FN3O4/c1-23-11-16(22)21-9-3-2-4-14(21)17-19-15(25-20-17)10-24-13-7-5-12(18)6-8-13/h5-8,14H,2-4,9-11H2,1H3. The molecule has 0 spiro atoms. The van der Waals surface area contributed by atoms with Crippen molar-refractivity contribution in [3.8, 4) is 5.75 Å². The van der Waals surface area contributed by atoms with Crippen LogP contribution < -0.4 is 4.74 Å². The largest absolute Gasteiger partial charge is 0.484 e. The van der Waals surface area contributed by atoms with Crippen LogP contribution in [0.5, 0.6) is 5.75 Å². The summed E-state index contributed by atoms with van der Waals surface area (Å²) in [6.45, 7) is 0.773. The lowest BCUT2D eigenvalue weighted by molar-refractivity contribution is -0.139. The molecular weight excluding hydrogens is 329 g/mol. The van der Waals surface area contributed by atoms with Gasteiger partial charge in [-0.3, -0.25) is 4.79 Å². The van der Waals surface area contributed by atoms with Crippen molar-refractivity contribution in [3.63, 3.8) is 0 Å². The van der Waals surface area contributed by atoms with E-state index in [-0.39, 0.29) is 31.0 Å². The van der Waals surface area contributed by atoms with Crippen LogP contribution in [0.25, 0.3) is 0 Å². The van der Waals surface area contributed by atoms with Gasteiger partial charge in [0.15, 0.2) is 12.4 Å². The van der Waals surface area contributed by atoms with Crippen LogP contribution in [0.15, 0.2) is 28.8 Å². The van der Waals surface area contributed by atoms with E-state index in [1.165, 1.54) is 31.4 Å². The Morgan fingerprint density at radius 1 is 1.36 bits per heavy atom. The zero-order valence-corrected chi connectivity index (χ0v) is 14.0. The van der Waals surface area contributed by atoms with Crippen LogP contribution in [0.3, 0.4) is 0 Å². The second-order valence-corrected chi connectivity index (χ2v) is 5.82. The van der Waals surface area contributed by atoms with Crippen molar-refractivity contribution in [2.45, 2.75) is 31.9 Å². The third-order valence-corrected chi connectivity index (χ3v) is 4.05. The number of carbonyl (C=O) groups is 1. The van der Waals surface area contributed by atoms with Crippen LogP contribution in [0.4, 0.5) is 4.39 Å². The summed E-state index contributed by atoms with van der Waals surface area (Å²) in [4.78, 5) is 18.3. The number of piperidine rings is 1. The minimum Gasteiger partial charge on any atom is -0.484 e. The molecule has 1 aromatic heterocycles. The molecule has 8 heteroatoms. The number of methoxy groups -OCH3 is 1. The number of hydrogen-bond donors (Lipinski definition) is 0. The Morgan fingerprint density at radius 3 is 2.92 bits per heavy atom. The van der Waals surface area contributed by atoms with Gasteiger partial charge in [-0.15, -0.1) is 0 Å². The van der Waals surface area contributed by atoms with Crippen molar-refractivity contribution in [2.24, 2.45) is 0 Å². The SMILES string of the molecule is COCC(=O)N1CCCCC1c1noc(COc2ccc(F)cc2)n1. The van der Waals surface area contributed by atoms with E-state index >= 15 is 0 Å². The van der Waals surface area contributed by atoms with Gasteiger partial charge >= 0.3 is 0 Å². The predicted molar refractivity (Wildman–Crippen MR) is 85.2 cm³/mol. The minimum absolute atomic E-state index is 0.0366. The Morgan fingerprint density at radius 2 is 2.16 bits per heavy atom. The number of rotatable bonds is 6. The summed E-state index contributed by atoms with van der Waals surface area (Å²) in [5, 5.41) is 4.00. The molecule has 2 aromatic rings. The van der Waals surface area contributed by atoms with Crippen molar-refractivity contribution in [1.82, 2.24) is 15.0 Å². The Kier molecular flexibility index (Phi) is 5.60. The van der Waals surface area contributed by atoms with Gasteiger partial charge in [0, 0.05) is 13.7 Å². The smallest absolute Gasteiger partial charge is 0.264 e. The molecule has 134 valence electrons. The van der Waals surface area contributed by atoms with E-state index in [0.717, 1.165) is 19.3 Å². The molecule has 0 bridgehead atoms. The molecule has 0 aliphatic carbocycles. The van der Waals surface area contributed by atoms with Crippen LogP contribution >= 0.6 is 0 Å². The van der Waals surface area contributed by atoms with Crippen LogP contribution in [-0.2, 0) is 16.1 Å². The summed E-state index contributed by atoms with van der Waals surface area (Å²) in [7, 11) is 1.50. The molecule has 7 nitrogen and oxygen atoms in total. The molecule has 2 heterocycles.